The molecule has 0 saturated carbocycles. The SMILES string of the molecule is CCNC(=O)[C@H](C)N(Cc1cccc(C)c1)C(=O)CN(c1cc(C)ccc1C)S(=O)(=O)c1ccccc1. The van der Waals surface area contributed by atoms with E-state index in [2.05, 4.69) is 5.32 Å². The number of hydrogen-bond donors (Lipinski definition) is 1. The van der Waals surface area contributed by atoms with Crippen molar-refractivity contribution in [2.24, 2.45) is 0 Å². The first-order chi connectivity index (χ1) is 17.5. The standard InChI is InChI=1S/C29H35N3O4S/c1-6-30-29(34)24(5)31(19-25-12-10-11-21(2)17-25)28(33)20-32(27-18-22(3)15-16-23(27)4)37(35,36)26-13-8-7-9-14-26/h7-18,24H,6,19-20H2,1-5H3,(H,30,34)/t24-/m0/s1. The Labute approximate surface area is 220 Å². The third-order valence-electron chi connectivity index (χ3n) is 6.20. The number of amides is 2. The van der Waals surface area contributed by atoms with Crippen molar-refractivity contribution in [3.05, 3.63) is 95.1 Å². The summed E-state index contributed by atoms with van der Waals surface area (Å²) in [5, 5.41) is 2.77. The molecule has 1 N–H and O–H groups in total. The Morgan fingerprint density at radius 2 is 1.57 bits per heavy atom. The van der Waals surface area contributed by atoms with Crippen molar-refractivity contribution in [3.63, 3.8) is 0 Å². The van der Waals surface area contributed by atoms with Gasteiger partial charge in [0, 0.05) is 13.1 Å². The topological polar surface area (TPSA) is 86.8 Å². The van der Waals surface area contributed by atoms with Crippen LogP contribution in [0.2, 0.25) is 0 Å². The van der Waals surface area contributed by atoms with Gasteiger partial charge in [0.1, 0.15) is 12.6 Å². The summed E-state index contributed by atoms with van der Waals surface area (Å²) in [4.78, 5) is 28.2. The number of nitrogens with one attached hydrogen (secondary N) is 1. The predicted molar refractivity (Wildman–Crippen MR) is 147 cm³/mol. The first-order valence-electron chi connectivity index (χ1n) is 12.3. The number of sulfonamides is 1. The van der Waals surface area contributed by atoms with Crippen LogP contribution in [0.4, 0.5) is 5.69 Å². The largest absolute Gasteiger partial charge is 0.355 e. The van der Waals surface area contributed by atoms with Crippen molar-refractivity contribution in [1.82, 2.24) is 10.2 Å². The smallest absolute Gasteiger partial charge is 0.264 e. The summed E-state index contributed by atoms with van der Waals surface area (Å²) in [6.45, 7) is 9.26. The maximum Gasteiger partial charge on any atom is 0.264 e. The number of anilines is 1. The number of carbonyl (C=O) groups is 2. The molecule has 196 valence electrons. The van der Waals surface area contributed by atoms with E-state index in [4.69, 9.17) is 0 Å². The highest BCUT2D eigenvalue weighted by Crippen LogP contribution is 2.28. The third-order valence-corrected chi connectivity index (χ3v) is 7.97. The van der Waals surface area contributed by atoms with Crippen LogP contribution in [0.15, 0.2) is 77.7 Å². The lowest BCUT2D eigenvalue weighted by atomic mass is 10.1. The fraction of sp³-hybridized carbons (Fsp3) is 0.310. The molecule has 0 heterocycles. The van der Waals surface area contributed by atoms with E-state index in [1.807, 2.05) is 64.1 Å². The first-order valence-corrected chi connectivity index (χ1v) is 13.8. The molecule has 0 spiro atoms. The Morgan fingerprint density at radius 3 is 2.22 bits per heavy atom. The van der Waals surface area contributed by atoms with Gasteiger partial charge in [0.25, 0.3) is 10.0 Å². The summed E-state index contributed by atoms with van der Waals surface area (Å²) in [7, 11) is -4.07. The molecule has 0 aliphatic heterocycles. The predicted octanol–water partition coefficient (Wildman–Crippen LogP) is 4.36. The summed E-state index contributed by atoms with van der Waals surface area (Å²) < 4.78 is 28.8. The van der Waals surface area contributed by atoms with Gasteiger partial charge in [-0.2, -0.15) is 0 Å². The molecule has 3 aromatic rings. The lowest BCUT2D eigenvalue weighted by molar-refractivity contribution is -0.139. The molecule has 0 radical (unpaired) electrons. The minimum atomic E-state index is -4.07. The van der Waals surface area contributed by atoms with Gasteiger partial charge in [-0.05, 0) is 69.5 Å². The summed E-state index contributed by atoms with van der Waals surface area (Å²) >= 11 is 0. The van der Waals surface area contributed by atoms with Gasteiger partial charge in [0.15, 0.2) is 0 Å². The fourth-order valence-electron chi connectivity index (χ4n) is 4.13. The number of hydrogen-bond acceptors (Lipinski definition) is 4. The molecule has 37 heavy (non-hydrogen) atoms. The van der Waals surface area contributed by atoms with E-state index in [1.165, 1.54) is 17.0 Å². The van der Waals surface area contributed by atoms with Crippen LogP contribution in [-0.2, 0) is 26.2 Å². The number of benzene rings is 3. The van der Waals surface area contributed by atoms with Gasteiger partial charge in [-0.3, -0.25) is 13.9 Å². The van der Waals surface area contributed by atoms with Crippen LogP contribution >= 0.6 is 0 Å². The lowest BCUT2D eigenvalue weighted by Gasteiger charge is -2.32. The van der Waals surface area contributed by atoms with Crippen LogP contribution in [-0.4, -0.2) is 44.3 Å². The van der Waals surface area contributed by atoms with Gasteiger partial charge >= 0.3 is 0 Å². The number of rotatable bonds is 10. The second kappa shape index (κ2) is 12.1. The van der Waals surface area contributed by atoms with Crippen LogP contribution in [0.25, 0.3) is 0 Å². The average Bonchev–Trinajstić information content (AvgIpc) is 2.87. The zero-order valence-corrected chi connectivity index (χ0v) is 22.9. The normalized spacial score (nSPS) is 12.0. The Balaban J connectivity index is 2.06. The number of likely N-dealkylation sites (N-methyl/N-ethyl adjacent to an activating group) is 1. The number of aryl methyl sites for hydroxylation is 3. The minimum Gasteiger partial charge on any atom is -0.355 e. The number of carbonyl (C=O) groups excluding carboxylic acids is 2. The lowest BCUT2D eigenvalue weighted by Crippen LogP contribution is -2.51. The highest BCUT2D eigenvalue weighted by molar-refractivity contribution is 7.92. The zero-order chi connectivity index (χ0) is 27.2. The average molecular weight is 522 g/mol. The van der Waals surface area contributed by atoms with Crippen LogP contribution in [0.5, 0.6) is 0 Å². The Bertz CT molecular complexity index is 1360. The molecular formula is C29H35N3O4S. The van der Waals surface area contributed by atoms with Crippen molar-refractivity contribution < 1.29 is 18.0 Å². The Hall–Kier alpha value is -3.65. The third kappa shape index (κ3) is 6.77. The van der Waals surface area contributed by atoms with Gasteiger partial charge in [-0.1, -0.05) is 60.2 Å². The molecule has 0 aromatic heterocycles. The molecule has 0 aliphatic rings. The van der Waals surface area contributed by atoms with E-state index in [9.17, 15) is 18.0 Å². The monoisotopic (exact) mass is 521 g/mol. The van der Waals surface area contributed by atoms with Gasteiger partial charge in [0.05, 0.1) is 10.6 Å². The summed E-state index contributed by atoms with van der Waals surface area (Å²) in [6.07, 6.45) is 0. The maximum atomic E-state index is 13.9. The van der Waals surface area contributed by atoms with Crippen LogP contribution in [0.3, 0.4) is 0 Å². The fourth-order valence-corrected chi connectivity index (χ4v) is 5.62. The van der Waals surface area contributed by atoms with E-state index in [-0.39, 0.29) is 17.3 Å². The van der Waals surface area contributed by atoms with E-state index in [1.54, 1.807) is 31.2 Å². The number of nitrogens with zero attached hydrogens (tertiary/aromatic N) is 2. The van der Waals surface area contributed by atoms with Crippen LogP contribution in [0.1, 0.15) is 36.1 Å². The Morgan fingerprint density at radius 1 is 0.892 bits per heavy atom. The molecule has 0 aliphatic carbocycles. The molecule has 0 bridgehead atoms. The van der Waals surface area contributed by atoms with Crippen molar-refractivity contribution >= 4 is 27.5 Å². The minimum absolute atomic E-state index is 0.0886. The van der Waals surface area contributed by atoms with Gasteiger partial charge in [-0.25, -0.2) is 8.42 Å². The maximum absolute atomic E-state index is 13.9. The van der Waals surface area contributed by atoms with Crippen molar-refractivity contribution in [2.45, 2.75) is 52.1 Å². The molecule has 7 nitrogen and oxygen atoms in total. The molecule has 8 heteroatoms. The highest BCUT2D eigenvalue weighted by atomic mass is 32.2. The first kappa shape index (κ1) is 27.9. The molecule has 0 saturated heterocycles. The van der Waals surface area contributed by atoms with Gasteiger partial charge < -0.3 is 10.2 Å². The second-order valence-electron chi connectivity index (χ2n) is 9.20. The van der Waals surface area contributed by atoms with Crippen LogP contribution in [0, 0.1) is 20.8 Å². The Kier molecular flexibility index (Phi) is 9.10. The summed E-state index contributed by atoms with van der Waals surface area (Å²) in [5.41, 5.74) is 3.90. The van der Waals surface area contributed by atoms with Gasteiger partial charge in [0.2, 0.25) is 11.8 Å². The van der Waals surface area contributed by atoms with Crippen LogP contribution < -0.4 is 9.62 Å². The molecule has 0 unspecified atom stereocenters. The molecular weight excluding hydrogens is 486 g/mol. The van der Waals surface area contributed by atoms with Crippen molar-refractivity contribution in [3.8, 4) is 0 Å². The molecule has 3 rings (SSSR count). The molecule has 1 atom stereocenters. The second-order valence-corrected chi connectivity index (χ2v) is 11.1. The van der Waals surface area contributed by atoms with Crippen molar-refractivity contribution in [1.29, 1.82) is 0 Å². The zero-order valence-electron chi connectivity index (χ0n) is 22.1. The van der Waals surface area contributed by atoms with Gasteiger partial charge in [-0.15, -0.1) is 0 Å². The van der Waals surface area contributed by atoms with Crippen molar-refractivity contribution in [2.75, 3.05) is 17.4 Å². The molecule has 3 aromatic carbocycles. The van der Waals surface area contributed by atoms with E-state index >= 15 is 0 Å². The summed E-state index contributed by atoms with van der Waals surface area (Å²) in [5.74, 6) is -0.770. The molecule has 2 amide bonds. The molecule has 0 fully saturated rings. The summed E-state index contributed by atoms with van der Waals surface area (Å²) in [6, 6.07) is 20.5. The van der Waals surface area contributed by atoms with E-state index in [0.717, 1.165) is 26.6 Å². The quantitative estimate of drug-likeness (QED) is 0.430. The highest BCUT2D eigenvalue weighted by Gasteiger charge is 2.33. The van der Waals surface area contributed by atoms with E-state index < -0.39 is 28.5 Å². The van der Waals surface area contributed by atoms with E-state index in [0.29, 0.717) is 12.2 Å².